The topological polar surface area (TPSA) is 27.3 Å². The Bertz CT molecular complexity index is 663. The van der Waals surface area contributed by atoms with Gasteiger partial charge in [0.1, 0.15) is 8.24 Å². The van der Waals surface area contributed by atoms with Crippen LogP contribution in [-0.4, -0.2) is 32.8 Å². The fourth-order valence-electron chi connectivity index (χ4n) is 4.73. The van der Waals surface area contributed by atoms with Gasteiger partial charge in [0.15, 0.2) is 0 Å². The highest BCUT2D eigenvalue weighted by Gasteiger charge is 2.47. The lowest BCUT2D eigenvalue weighted by molar-refractivity contribution is 0.284. The van der Waals surface area contributed by atoms with Gasteiger partial charge in [0.25, 0.3) is 0 Å². The molecule has 2 N–H and O–H groups in total. The highest BCUT2D eigenvalue weighted by atomic mass is 28.3. The molecule has 2 aliphatic carbocycles. The first-order valence-electron chi connectivity index (χ1n) is 8.61. The molecule has 0 aromatic heterocycles. The lowest BCUT2D eigenvalue weighted by Crippen LogP contribution is -2.63. The number of nitrogens with one attached hydrogen (secondary N) is 2. The first-order chi connectivity index (χ1) is 10.7. The van der Waals surface area contributed by atoms with Crippen LogP contribution >= 0.6 is 0 Å². The Kier molecular flexibility index (Phi) is 3.73. The maximum atomic E-state index is 3.48. The van der Waals surface area contributed by atoms with Gasteiger partial charge >= 0.3 is 0 Å². The van der Waals surface area contributed by atoms with Crippen molar-refractivity contribution in [3.05, 3.63) is 34.7 Å². The Hall–Kier alpha value is -0.943. The van der Waals surface area contributed by atoms with Crippen molar-refractivity contribution in [2.45, 2.75) is 31.5 Å². The molecule has 0 spiro atoms. The minimum atomic E-state index is -1.44. The fraction of sp³-hybridized carbons (Fsp3) is 0.556. The summed E-state index contributed by atoms with van der Waals surface area (Å²) in [7, 11) is -1.44. The summed E-state index contributed by atoms with van der Waals surface area (Å²) in [5.41, 5.74) is 0.865. The van der Waals surface area contributed by atoms with Crippen molar-refractivity contribution in [2.24, 2.45) is 11.8 Å². The summed E-state index contributed by atoms with van der Waals surface area (Å²) in [5, 5.41) is 9.87. The van der Waals surface area contributed by atoms with E-state index in [0.717, 1.165) is 37.4 Å². The minimum Gasteiger partial charge on any atom is -0.299 e. The van der Waals surface area contributed by atoms with E-state index in [2.05, 4.69) is 64.7 Å². The molecule has 1 aliphatic heterocycles. The number of hydrogen-bond donors (Lipinski definition) is 2. The van der Waals surface area contributed by atoms with Crippen molar-refractivity contribution in [2.75, 3.05) is 20.0 Å². The van der Waals surface area contributed by atoms with Gasteiger partial charge in [-0.15, -0.1) is 0 Å². The van der Waals surface area contributed by atoms with Crippen LogP contribution < -0.4 is 21.1 Å². The zero-order valence-electron chi connectivity index (χ0n) is 13.7. The second kappa shape index (κ2) is 5.60. The van der Waals surface area contributed by atoms with Gasteiger partial charge in [-0.2, -0.15) is 0 Å². The number of rotatable bonds is 2. The highest BCUT2D eigenvalue weighted by molar-refractivity contribution is 6.76. The summed E-state index contributed by atoms with van der Waals surface area (Å²) in [5.74, 6) is 1.51. The number of fused-ring (bicyclic) bond motifs is 2. The van der Waals surface area contributed by atoms with E-state index in [1.807, 2.05) is 0 Å². The smallest absolute Gasteiger partial charge is 0.128 e. The second-order valence-corrected chi connectivity index (χ2v) is 12.3. The Morgan fingerprint density at radius 1 is 1.00 bits per heavy atom. The average molecular weight is 314 g/mol. The first kappa shape index (κ1) is 14.6. The van der Waals surface area contributed by atoms with Crippen LogP contribution in [-0.2, 0) is 0 Å². The van der Waals surface area contributed by atoms with Crippen LogP contribution in [0.4, 0.5) is 0 Å². The SMILES string of the molecule is C[Si](C)(C1CCC2C=c3ccccc3=CC21)N1CNCNC1. The molecule has 0 amide bonds. The molecule has 1 aromatic rings. The summed E-state index contributed by atoms with van der Waals surface area (Å²) >= 11 is 0. The number of hydrogen-bond acceptors (Lipinski definition) is 3. The molecule has 4 heteroatoms. The molecule has 2 fully saturated rings. The Balaban J connectivity index is 1.66. The van der Waals surface area contributed by atoms with E-state index in [-0.39, 0.29) is 0 Å². The Morgan fingerprint density at radius 3 is 2.41 bits per heavy atom. The van der Waals surface area contributed by atoms with Gasteiger partial charge in [-0.3, -0.25) is 15.2 Å². The maximum absolute atomic E-state index is 3.48. The van der Waals surface area contributed by atoms with Gasteiger partial charge in [-0.1, -0.05) is 55.9 Å². The van der Waals surface area contributed by atoms with Crippen molar-refractivity contribution < 1.29 is 0 Å². The molecule has 0 radical (unpaired) electrons. The fourth-order valence-corrected chi connectivity index (χ4v) is 8.40. The molecule has 1 saturated carbocycles. The van der Waals surface area contributed by atoms with Crippen LogP contribution in [0.25, 0.3) is 12.2 Å². The molecule has 1 heterocycles. The van der Waals surface area contributed by atoms with Gasteiger partial charge in [0.2, 0.25) is 0 Å². The maximum Gasteiger partial charge on any atom is 0.128 e. The van der Waals surface area contributed by atoms with E-state index >= 15 is 0 Å². The van der Waals surface area contributed by atoms with E-state index in [4.69, 9.17) is 0 Å². The van der Waals surface area contributed by atoms with Crippen LogP contribution in [0.2, 0.25) is 18.6 Å². The lowest BCUT2D eigenvalue weighted by Gasteiger charge is -2.45. The summed E-state index contributed by atoms with van der Waals surface area (Å²) in [6.07, 6.45) is 7.91. The third-order valence-corrected chi connectivity index (χ3v) is 10.5. The minimum absolute atomic E-state index is 0.749. The summed E-state index contributed by atoms with van der Waals surface area (Å²) in [6.45, 7) is 8.21. The van der Waals surface area contributed by atoms with Crippen molar-refractivity contribution in [3.63, 3.8) is 0 Å². The third-order valence-electron chi connectivity index (χ3n) is 6.11. The van der Waals surface area contributed by atoms with Crippen molar-refractivity contribution >= 4 is 20.4 Å². The molecule has 22 heavy (non-hydrogen) atoms. The second-order valence-electron chi connectivity index (χ2n) is 7.57. The molecule has 118 valence electrons. The van der Waals surface area contributed by atoms with E-state index < -0.39 is 8.24 Å². The van der Waals surface area contributed by atoms with Crippen LogP contribution in [0.3, 0.4) is 0 Å². The molecule has 3 atom stereocenters. The summed E-state index contributed by atoms with van der Waals surface area (Å²) in [6, 6.07) is 8.90. The molecular weight excluding hydrogens is 286 g/mol. The number of benzene rings is 1. The normalized spacial score (nSPS) is 31.8. The van der Waals surface area contributed by atoms with Crippen LogP contribution in [0.15, 0.2) is 24.3 Å². The van der Waals surface area contributed by atoms with E-state index in [9.17, 15) is 0 Å². The van der Waals surface area contributed by atoms with E-state index in [1.54, 1.807) is 0 Å². The molecule has 3 nitrogen and oxygen atoms in total. The predicted molar refractivity (Wildman–Crippen MR) is 94.8 cm³/mol. The van der Waals surface area contributed by atoms with Gasteiger partial charge in [-0.05, 0) is 34.2 Å². The van der Waals surface area contributed by atoms with Gasteiger partial charge < -0.3 is 0 Å². The summed E-state index contributed by atoms with van der Waals surface area (Å²) in [4.78, 5) is 0. The molecular formula is C18H27N3Si. The average Bonchev–Trinajstić information content (AvgIpc) is 2.97. The predicted octanol–water partition coefficient (Wildman–Crippen LogP) is 1.23. The quantitative estimate of drug-likeness (QED) is 0.804. The zero-order chi connectivity index (χ0) is 15.2. The van der Waals surface area contributed by atoms with Crippen molar-refractivity contribution in [3.8, 4) is 0 Å². The van der Waals surface area contributed by atoms with Crippen molar-refractivity contribution in [1.82, 2.24) is 15.2 Å². The van der Waals surface area contributed by atoms with Gasteiger partial charge in [0.05, 0.1) is 0 Å². The Labute approximate surface area is 134 Å². The van der Waals surface area contributed by atoms with E-state index in [1.165, 1.54) is 23.3 Å². The summed E-state index contributed by atoms with van der Waals surface area (Å²) < 4.78 is 2.71. The molecule has 3 unspecified atom stereocenters. The standard InChI is InChI=1S/C18H27N3Si/c1-22(2,21-12-19-11-20-13-21)18-8-7-16-9-14-5-3-4-6-15(14)10-17(16)18/h3-6,9-10,16-20H,7-8,11-13H2,1-2H3. The molecule has 4 rings (SSSR count). The van der Waals surface area contributed by atoms with Gasteiger partial charge in [0, 0.05) is 20.0 Å². The third kappa shape index (κ3) is 2.38. The zero-order valence-corrected chi connectivity index (χ0v) is 14.7. The highest BCUT2D eigenvalue weighted by Crippen LogP contribution is 2.49. The largest absolute Gasteiger partial charge is 0.299 e. The van der Waals surface area contributed by atoms with Gasteiger partial charge in [-0.25, -0.2) is 0 Å². The molecule has 1 aromatic carbocycles. The van der Waals surface area contributed by atoms with E-state index in [0.29, 0.717) is 0 Å². The number of nitrogens with zero attached hydrogens (tertiary/aromatic N) is 1. The lowest BCUT2D eigenvalue weighted by atomic mass is 9.89. The Morgan fingerprint density at radius 2 is 1.68 bits per heavy atom. The molecule has 1 saturated heterocycles. The molecule has 3 aliphatic rings. The first-order valence-corrected chi connectivity index (χ1v) is 11.6. The van der Waals surface area contributed by atoms with Crippen LogP contribution in [0.1, 0.15) is 12.8 Å². The van der Waals surface area contributed by atoms with Crippen LogP contribution in [0.5, 0.6) is 0 Å². The van der Waals surface area contributed by atoms with Crippen molar-refractivity contribution in [1.29, 1.82) is 0 Å². The van der Waals surface area contributed by atoms with Crippen LogP contribution in [0, 0.1) is 11.8 Å². The monoisotopic (exact) mass is 313 g/mol. The molecule has 0 bridgehead atoms.